The Balaban J connectivity index is 2.51. The van der Waals surface area contributed by atoms with E-state index in [2.05, 4.69) is 15.6 Å². The lowest BCUT2D eigenvalue weighted by Gasteiger charge is -2.25. The summed E-state index contributed by atoms with van der Waals surface area (Å²) in [7, 11) is 1.13. The van der Waals surface area contributed by atoms with Gasteiger partial charge in [0.05, 0.1) is 0 Å². The van der Waals surface area contributed by atoms with Crippen LogP contribution in [0, 0.1) is 0 Å². The van der Waals surface area contributed by atoms with E-state index in [1.807, 2.05) is 6.92 Å². The number of aliphatic imine (C=N–C) groups is 1. The van der Waals surface area contributed by atoms with Crippen LogP contribution in [0.2, 0.25) is 0 Å². The summed E-state index contributed by atoms with van der Waals surface area (Å²) in [5.74, 6) is -0.165. The molecule has 0 atom stereocenters. The number of alkyl halides is 3. The van der Waals surface area contributed by atoms with Gasteiger partial charge in [0, 0.05) is 19.6 Å². The lowest BCUT2D eigenvalue weighted by atomic mass is 9.96. The Morgan fingerprint density at radius 2 is 1.91 bits per heavy atom. The molecule has 128 valence electrons. The number of amides is 1. The molecule has 0 aliphatic heterocycles. The molecule has 1 amide bonds. The average molecular weight is 322 g/mol. The Labute approximate surface area is 129 Å². The zero-order valence-corrected chi connectivity index (χ0v) is 13.2. The van der Waals surface area contributed by atoms with Crippen molar-refractivity contribution in [2.24, 2.45) is 4.99 Å². The van der Waals surface area contributed by atoms with E-state index in [1.165, 1.54) is 6.42 Å². The van der Waals surface area contributed by atoms with E-state index in [0.29, 0.717) is 23.4 Å². The molecule has 2 N–H and O–H groups in total. The summed E-state index contributed by atoms with van der Waals surface area (Å²) >= 11 is 0. The number of hydrogen-bond donors (Lipinski definition) is 2. The predicted molar refractivity (Wildman–Crippen MR) is 79.7 cm³/mol. The van der Waals surface area contributed by atoms with Gasteiger partial charge in [-0.3, -0.25) is 4.79 Å². The van der Waals surface area contributed by atoms with Crippen LogP contribution in [0.3, 0.4) is 0 Å². The van der Waals surface area contributed by atoms with Crippen LogP contribution in [0.5, 0.6) is 0 Å². The number of nitrogens with zero attached hydrogens (tertiary/aromatic N) is 2. The van der Waals surface area contributed by atoms with Crippen molar-refractivity contribution in [3.05, 3.63) is 0 Å². The molecule has 0 unspecified atom stereocenters. The monoisotopic (exact) mass is 322 g/mol. The van der Waals surface area contributed by atoms with Crippen molar-refractivity contribution in [2.45, 2.75) is 51.2 Å². The third-order valence-electron chi connectivity index (χ3n) is 3.50. The van der Waals surface area contributed by atoms with Gasteiger partial charge in [-0.1, -0.05) is 19.3 Å². The number of carbonyl (C=O) groups excluding carboxylic acids is 1. The molecular formula is C14H25F3N4O. The summed E-state index contributed by atoms with van der Waals surface area (Å²) in [6.45, 7) is 0.976. The fourth-order valence-electron chi connectivity index (χ4n) is 2.38. The third-order valence-corrected chi connectivity index (χ3v) is 3.50. The summed E-state index contributed by atoms with van der Waals surface area (Å²) in [5.41, 5.74) is 0. The second-order valence-corrected chi connectivity index (χ2v) is 5.54. The Bertz CT molecular complexity index is 379. The number of rotatable bonds is 5. The van der Waals surface area contributed by atoms with Crippen LogP contribution < -0.4 is 10.6 Å². The van der Waals surface area contributed by atoms with E-state index >= 15 is 0 Å². The quantitative estimate of drug-likeness (QED) is 0.600. The van der Waals surface area contributed by atoms with Gasteiger partial charge in [-0.15, -0.1) is 0 Å². The lowest BCUT2D eigenvalue weighted by molar-refractivity contribution is -0.157. The second-order valence-electron chi connectivity index (χ2n) is 5.54. The van der Waals surface area contributed by atoms with Crippen molar-refractivity contribution >= 4 is 11.9 Å². The molecule has 0 aromatic heterocycles. The molecule has 0 heterocycles. The molecule has 0 radical (unpaired) electrons. The van der Waals surface area contributed by atoms with E-state index in [-0.39, 0.29) is 6.54 Å². The first-order valence-corrected chi connectivity index (χ1v) is 7.67. The Morgan fingerprint density at radius 1 is 1.27 bits per heavy atom. The summed E-state index contributed by atoms with van der Waals surface area (Å²) in [5, 5.41) is 6.26. The van der Waals surface area contributed by atoms with Gasteiger partial charge in [-0.05, 0) is 19.8 Å². The highest BCUT2D eigenvalue weighted by Gasteiger charge is 2.31. The molecule has 0 aromatic rings. The minimum Gasteiger partial charge on any atom is -0.357 e. The molecule has 5 nitrogen and oxygen atoms in total. The smallest absolute Gasteiger partial charge is 0.357 e. The molecule has 0 aromatic carbocycles. The van der Waals surface area contributed by atoms with Crippen LogP contribution in [0.4, 0.5) is 13.2 Å². The SMILES string of the molecule is CCNC(=NCC(=O)N(C)CC(F)(F)F)NC1CCCCC1. The zero-order chi connectivity index (χ0) is 16.6. The third kappa shape index (κ3) is 7.51. The van der Waals surface area contributed by atoms with Crippen LogP contribution >= 0.6 is 0 Å². The van der Waals surface area contributed by atoms with Gasteiger partial charge in [-0.25, -0.2) is 4.99 Å². The maximum Gasteiger partial charge on any atom is 0.406 e. The van der Waals surface area contributed by atoms with E-state index in [1.54, 1.807) is 0 Å². The maximum atomic E-state index is 12.2. The first kappa shape index (κ1) is 18.6. The topological polar surface area (TPSA) is 56.7 Å². The van der Waals surface area contributed by atoms with Gasteiger partial charge in [0.25, 0.3) is 0 Å². The largest absolute Gasteiger partial charge is 0.406 e. The first-order chi connectivity index (χ1) is 10.3. The van der Waals surface area contributed by atoms with Crippen LogP contribution in [0.1, 0.15) is 39.0 Å². The van der Waals surface area contributed by atoms with Crippen molar-refractivity contribution in [2.75, 3.05) is 26.7 Å². The number of guanidine groups is 1. The molecule has 1 fully saturated rings. The Morgan fingerprint density at radius 3 is 2.45 bits per heavy atom. The van der Waals surface area contributed by atoms with Crippen LogP contribution in [0.15, 0.2) is 4.99 Å². The number of nitrogens with one attached hydrogen (secondary N) is 2. The van der Waals surface area contributed by atoms with Gasteiger partial charge in [-0.2, -0.15) is 13.2 Å². The highest BCUT2D eigenvalue weighted by atomic mass is 19.4. The molecule has 1 rings (SSSR count). The molecule has 0 spiro atoms. The van der Waals surface area contributed by atoms with E-state index in [9.17, 15) is 18.0 Å². The standard InChI is InChI=1S/C14H25F3N4O/c1-3-18-13(20-11-7-5-4-6-8-11)19-9-12(22)21(2)10-14(15,16)17/h11H,3-10H2,1-2H3,(H2,18,19,20). The number of likely N-dealkylation sites (N-methyl/N-ethyl adjacent to an activating group) is 1. The van der Waals surface area contributed by atoms with Crippen molar-refractivity contribution < 1.29 is 18.0 Å². The Hall–Kier alpha value is -1.47. The van der Waals surface area contributed by atoms with E-state index < -0.39 is 18.6 Å². The molecule has 1 saturated carbocycles. The maximum absolute atomic E-state index is 12.2. The Kier molecular flexibility index (Phi) is 7.47. The zero-order valence-electron chi connectivity index (χ0n) is 13.2. The molecule has 1 aliphatic carbocycles. The molecule has 0 bridgehead atoms. The molecule has 22 heavy (non-hydrogen) atoms. The first-order valence-electron chi connectivity index (χ1n) is 7.67. The average Bonchev–Trinajstić information content (AvgIpc) is 2.44. The van der Waals surface area contributed by atoms with Gasteiger partial charge in [0.2, 0.25) is 5.91 Å². The predicted octanol–water partition coefficient (Wildman–Crippen LogP) is 1.89. The summed E-state index contributed by atoms with van der Waals surface area (Å²) in [6.07, 6.45) is 1.25. The highest BCUT2D eigenvalue weighted by molar-refractivity contribution is 5.85. The summed E-state index contributed by atoms with van der Waals surface area (Å²) in [4.78, 5) is 16.4. The lowest BCUT2D eigenvalue weighted by Crippen LogP contribution is -2.45. The number of hydrogen-bond acceptors (Lipinski definition) is 2. The molecule has 0 saturated heterocycles. The van der Waals surface area contributed by atoms with Gasteiger partial charge in [0.1, 0.15) is 13.1 Å². The van der Waals surface area contributed by atoms with E-state index in [4.69, 9.17) is 0 Å². The summed E-state index contributed by atoms with van der Waals surface area (Å²) in [6, 6.07) is 0.314. The fourth-order valence-corrected chi connectivity index (χ4v) is 2.38. The van der Waals surface area contributed by atoms with Crippen LogP contribution in [0.25, 0.3) is 0 Å². The minimum absolute atomic E-state index is 0.297. The van der Waals surface area contributed by atoms with Gasteiger partial charge < -0.3 is 15.5 Å². The highest BCUT2D eigenvalue weighted by Crippen LogP contribution is 2.17. The molecule has 1 aliphatic rings. The minimum atomic E-state index is -4.39. The van der Waals surface area contributed by atoms with Crippen molar-refractivity contribution in [1.82, 2.24) is 15.5 Å². The second kappa shape index (κ2) is 8.85. The van der Waals surface area contributed by atoms with Crippen molar-refractivity contribution in [3.8, 4) is 0 Å². The summed E-state index contributed by atoms with van der Waals surface area (Å²) < 4.78 is 36.7. The van der Waals surface area contributed by atoms with Crippen LogP contribution in [-0.4, -0.2) is 55.7 Å². The van der Waals surface area contributed by atoms with E-state index in [0.717, 1.165) is 32.7 Å². The van der Waals surface area contributed by atoms with Crippen molar-refractivity contribution in [3.63, 3.8) is 0 Å². The number of carbonyl (C=O) groups is 1. The fraction of sp³-hybridized carbons (Fsp3) is 0.857. The number of halogens is 3. The van der Waals surface area contributed by atoms with Crippen LogP contribution in [-0.2, 0) is 4.79 Å². The van der Waals surface area contributed by atoms with Gasteiger partial charge >= 0.3 is 6.18 Å². The normalized spacial score (nSPS) is 17.2. The molecular weight excluding hydrogens is 297 g/mol. The van der Waals surface area contributed by atoms with Crippen molar-refractivity contribution in [1.29, 1.82) is 0 Å². The van der Waals surface area contributed by atoms with Gasteiger partial charge in [0.15, 0.2) is 5.96 Å². The molecule has 8 heteroatoms.